The quantitative estimate of drug-likeness (QED) is 0.569. The number of anilines is 1. The molecule has 0 unspecified atom stereocenters. The zero-order valence-corrected chi connectivity index (χ0v) is 15.0. The number of carbonyl (C=O) groups is 1. The Balaban J connectivity index is 2.61. The van der Waals surface area contributed by atoms with E-state index in [9.17, 15) is 36.5 Å². The van der Waals surface area contributed by atoms with E-state index in [1.54, 1.807) is 0 Å². The van der Waals surface area contributed by atoms with Crippen LogP contribution in [0.3, 0.4) is 0 Å². The van der Waals surface area contributed by atoms with Gasteiger partial charge in [-0.15, -0.1) is 0 Å². The molecule has 0 aliphatic carbocycles. The highest BCUT2D eigenvalue weighted by molar-refractivity contribution is 7.93. The lowest BCUT2D eigenvalue weighted by molar-refractivity contribution is -0.385. The topological polar surface area (TPSA) is 118 Å². The average Bonchev–Trinajstić information content (AvgIpc) is 2.58. The van der Waals surface area contributed by atoms with Crippen molar-refractivity contribution in [1.82, 2.24) is 0 Å². The number of non-ortho nitro benzene ring substituents is 1. The predicted molar refractivity (Wildman–Crippen MR) is 91.4 cm³/mol. The minimum atomic E-state index is -4.66. The number of carboxylic acid groups (broad SMARTS) is 1. The van der Waals surface area contributed by atoms with Crippen molar-refractivity contribution in [2.75, 3.05) is 10.8 Å². The summed E-state index contributed by atoms with van der Waals surface area (Å²) >= 11 is 0. The smallest absolute Gasteiger partial charge is 0.416 e. The van der Waals surface area contributed by atoms with E-state index in [0.29, 0.717) is 16.4 Å². The third-order valence-electron chi connectivity index (χ3n) is 3.71. The molecule has 150 valence electrons. The fourth-order valence-corrected chi connectivity index (χ4v) is 4.02. The molecule has 0 atom stereocenters. The summed E-state index contributed by atoms with van der Waals surface area (Å²) in [6.45, 7) is 0.262. The molecule has 8 nitrogen and oxygen atoms in total. The number of rotatable bonds is 6. The van der Waals surface area contributed by atoms with Gasteiger partial charge in [0.25, 0.3) is 15.7 Å². The Bertz CT molecular complexity index is 1020. The summed E-state index contributed by atoms with van der Waals surface area (Å²) < 4.78 is 64.4. The van der Waals surface area contributed by atoms with Gasteiger partial charge < -0.3 is 5.11 Å². The zero-order chi connectivity index (χ0) is 21.3. The van der Waals surface area contributed by atoms with Gasteiger partial charge in [-0.05, 0) is 36.8 Å². The van der Waals surface area contributed by atoms with Crippen LogP contribution in [0, 0.1) is 17.0 Å². The summed E-state index contributed by atoms with van der Waals surface area (Å²) in [7, 11) is -4.62. The molecular formula is C16H13F3N2O6S. The number of benzene rings is 2. The van der Waals surface area contributed by atoms with Gasteiger partial charge in [-0.3, -0.25) is 19.2 Å². The van der Waals surface area contributed by atoms with Crippen LogP contribution in [0.2, 0.25) is 0 Å². The maximum Gasteiger partial charge on any atom is 0.416 e. The fraction of sp³-hybridized carbons (Fsp3) is 0.188. The minimum absolute atomic E-state index is 0.105. The van der Waals surface area contributed by atoms with Crippen LogP contribution in [0.15, 0.2) is 47.4 Å². The maximum absolute atomic E-state index is 13.0. The minimum Gasteiger partial charge on any atom is -0.480 e. The third kappa shape index (κ3) is 4.39. The van der Waals surface area contributed by atoms with Gasteiger partial charge in [-0.25, -0.2) is 8.42 Å². The van der Waals surface area contributed by atoms with Gasteiger partial charge in [-0.1, -0.05) is 6.07 Å². The van der Waals surface area contributed by atoms with Crippen LogP contribution in [0.4, 0.5) is 24.5 Å². The number of halogens is 3. The van der Waals surface area contributed by atoms with E-state index < -0.39 is 49.8 Å². The number of nitro benzene ring substituents is 1. The Morgan fingerprint density at radius 2 is 1.75 bits per heavy atom. The first kappa shape index (κ1) is 21.2. The Hall–Kier alpha value is -3.15. The van der Waals surface area contributed by atoms with E-state index in [0.717, 1.165) is 24.3 Å². The SMILES string of the molecule is Cc1ccc([N+](=O)[O-])cc1S(=O)(=O)N(CC(=O)O)c1ccc(C(F)(F)F)cc1. The predicted octanol–water partition coefficient (Wildman–Crippen LogP) is 3.20. The van der Waals surface area contributed by atoms with Gasteiger partial charge in [0.05, 0.1) is 21.1 Å². The highest BCUT2D eigenvalue weighted by atomic mass is 32.2. The van der Waals surface area contributed by atoms with E-state index in [-0.39, 0.29) is 11.3 Å². The zero-order valence-electron chi connectivity index (χ0n) is 14.2. The Kier molecular flexibility index (Phi) is 5.64. The van der Waals surface area contributed by atoms with Crippen molar-refractivity contribution < 1.29 is 36.4 Å². The van der Waals surface area contributed by atoms with Crippen molar-refractivity contribution in [2.45, 2.75) is 18.0 Å². The molecule has 2 rings (SSSR count). The summed E-state index contributed by atoms with van der Waals surface area (Å²) in [5.41, 5.74) is -1.81. The summed E-state index contributed by atoms with van der Waals surface area (Å²) in [6, 6.07) is 5.88. The molecule has 0 spiro atoms. The normalized spacial score (nSPS) is 11.9. The van der Waals surface area contributed by atoms with Crippen LogP contribution in [-0.4, -0.2) is 31.0 Å². The number of carboxylic acids is 1. The molecule has 0 bridgehead atoms. The van der Waals surface area contributed by atoms with Gasteiger partial charge in [0.15, 0.2) is 0 Å². The molecule has 0 radical (unpaired) electrons. The van der Waals surface area contributed by atoms with Crippen LogP contribution >= 0.6 is 0 Å². The lowest BCUT2D eigenvalue weighted by Crippen LogP contribution is -2.36. The maximum atomic E-state index is 13.0. The number of nitrogens with zero attached hydrogens (tertiary/aromatic N) is 2. The first-order valence-electron chi connectivity index (χ1n) is 7.51. The number of nitro groups is 1. The van der Waals surface area contributed by atoms with Crippen LogP contribution in [0.1, 0.15) is 11.1 Å². The van der Waals surface area contributed by atoms with Crippen molar-refractivity contribution in [2.24, 2.45) is 0 Å². The van der Waals surface area contributed by atoms with Crippen molar-refractivity contribution in [3.63, 3.8) is 0 Å². The molecule has 0 fully saturated rings. The fourth-order valence-electron chi connectivity index (χ4n) is 2.35. The number of aliphatic carboxylic acids is 1. The van der Waals surface area contributed by atoms with E-state index in [2.05, 4.69) is 0 Å². The number of hydrogen-bond donors (Lipinski definition) is 1. The van der Waals surface area contributed by atoms with Crippen LogP contribution in [0.25, 0.3) is 0 Å². The summed E-state index contributed by atoms with van der Waals surface area (Å²) in [4.78, 5) is 20.7. The number of alkyl halides is 3. The second-order valence-corrected chi connectivity index (χ2v) is 7.49. The van der Waals surface area contributed by atoms with Crippen LogP contribution in [0.5, 0.6) is 0 Å². The molecule has 1 N–H and O–H groups in total. The van der Waals surface area contributed by atoms with Crippen LogP contribution < -0.4 is 4.31 Å². The first-order chi connectivity index (χ1) is 12.8. The molecule has 28 heavy (non-hydrogen) atoms. The molecule has 0 heterocycles. The summed E-state index contributed by atoms with van der Waals surface area (Å²) in [5.74, 6) is -1.56. The second-order valence-electron chi connectivity index (χ2n) is 5.66. The summed E-state index contributed by atoms with van der Waals surface area (Å²) in [6.07, 6.45) is -4.66. The lowest BCUT2D eigenvalue weighted by atomic mass is 10.2. The molecule has 12 heteroatoms. The number of sulfonamides is 1. The average molecular weight is 418 g/mol. The molecule has 0 aliphatic heterocycles. The lowest BCUT2D eigenvalue weighted by Gasteiger charge is -2.24. The molecule has 2 aromatic rings. The molecular weight excluding hydrogens is 405 g/mol. The monoisotopic (exact) mass is 418 g/mol. The van der Waals surface area contributed by atoms with Gasteiger partial charge in [0.1, 0.15) is 6.54 Å². The van der Waals surface area contributed by atoms with Crippen molar-refractivity contribution in [3.8, 4) is 0 Å². The Labute approximate surface area is 157 Å². The third-order valence-corrected chi connectivity index (χ3v) is 5.63. The highest BCUT2D eigenvalue weighted by Gasteiger charge is 2.33. The van der Waals surface area contributed by atoms with Crippen LogP contribution in [-0.2, 0) is 21.0 Å². The molecule has 0 amide bonds. The highest BCUT2D eigenvalue weighted by Crippen LogP contribution is 2.33. The van der Waals surface area contributed by atoms with E-state index >= 15 is 0 Å². The van der Waals surface area contributed by atoms with E-state index in [1.165, 1.54) is 13.0 Å². The van der Waals surface area contributed by atoms with Crippen molar-refractivity contribution in [1.29, 1.82) is 0 Å². The largest absolute Gasteiger partial charge is 0.480 e. The van der Waals surface area contributed by atoms with Crippen molar-refractivity contribution >= 4 is 27.4 Å². The van der Waals surface area contributed by atoms with E-state index in [4.69, 9.17) is 5.11 Å². The molecule has 0 saturated carbocycles. The number of aryl methyl sites for hydroxylation is 1. The number of hydrogen-bond acceptors (Lipinski definition) is 5. The molecule has 0 saturated heterocycles. The van der Waals surface area contributed by atoms with Gasteiger partial charge in [0, 0.05) is 12.1 Å². The molecule has 0 aromatic heterocycles. The molecule has 2 aromatic carbocycles. The standard InChI is InChI=1S/C16H13F3N2O6S/c1-10-2-5-13(21(24)25)8-14(10)28(26,27)20(9-15(22)23)12-6-3-11(4-7-12)16(17,18)19/h2-8H,9H2,1H3,(H,22,23). The van der Waals surface area contributed by atoms with Gasteiger partial charge in [-0.2, -0.15) is 13.2 Å². The second kappa shape index (κ2) is 7.46. The van der Waals surface area contributed by atoms with Gasteiger partial charge in [0.2, 0.25) is 0 Å². The Morgan fingerprint density at radius 1 is 1.18 bits per heavy atom. The molecule has 0 aliphatic rings. The first-order valence-corrected chi connectivity index (χ1v) is 8.95. The Morgan fingerprint density at radius 3 is 2.21 bits per heavy atom. The van der Waals surface area contributed by atoms with Crippen molar-refractivity contribution in [3.05, 3.63) is 63.7 Å². The van der Waals surface area contributed by atoms with E-state index in [1.807, 2.05) is 0 Å². The summed E-state index contributed by atoms with van der Waals surface area (Å²) in [5, 5.41) is 20.0. The van der Waals surface area contributed by atoms with Gasteiger partial charge >= 0.3 is 12.1 Å².